The fourth-order valence-electron chi connectivity index (χ4n) is 3.04. The number of halogens is 2. The molecule has 0 heterocycles. The van der Waals surface area contributed by atoms with Crippen molar-refractivity contribution in [3.05, 3.63) is 93.0 Å². The van der Waals surface area contributed by atoms with Crippen molar-refractivity contribution in [2.45, 2.75) is 13.8 Å². The largest absolute Gasteiger partial charge is 0.323 e. The molecule has 0 bridgehead atoms. The molecular weight excluding hydrogens is 473 g/mol. The van der Waals surface area contributed by atoms with Crippen LogP contribution in [-0.4, -0.2) is 20.2 Å². The van der Waals surface area contributed by atoms with Gasteiger partial charge in [0.2, 0.25) is 0 Å². The maximum Gasteiger partial charge on any atom is 0.323 e. The van der Waals surface area contributed by atoms with E-state index in [4.69, 9.17) is 23.2 Å². The lowest BCUT2D eigenvalue weighted by molar-refractivity contribution is 0.0981. The Labute approximate surface area is 195 Å². The van der Waals surface area contributed by atoms with E-state index < -0.39 is 22.0 Å². The molecule has 166 valence electrons. The van der Waals surface area contributed by atoms with Gasteiger partial charge in [0.25, 0.3) is 11.8 Å². The van der Waals surface area contributed by atoms with Crippen molar-refractivity contribution >= 4 is 56.6 Å². The Morgan fingerprint density at radius 3 is 2.06 bits per heavy atom. The number of anilines is 2. The van der Waals surface area contributed by atoms with Gasteiger partial charge in [0.15, 0.2) is 0 Å². The molecule has 3 rings (SSSR count). The third-order valence-electron chi connectivity index (χ3n) is 4.30. The quantitative estimate of drug-likeness (QED) is 0.453. The topological polar surface area (TPSA) is 104 Å². The van der Waals surface area contributed by atoms with Gasteiger partial charge in [0.1, 0.15) is 0 Å². The molecule has 10 heteroatoms. The third kappa shape index (κ3) is 5.79. The monoisotopic (exact) mass is 491 g/mol. The van der Waals surface area contributed by atoms with Crippen molar-refractivity contribution in [3.63, 3.8) is 0 Å². The highest BCUT2D eigenvalue weighted by Gasteiger charge is 2.24. The van der Waals surface area contributed by atoms with E-state index in [1.807, 2.05) is 24.6 Å². The third-order valence-corrected chi connectivity index (χ3v) is 5.96. The Morgan fingerprint density at radius 1 is 0.812 bits per heavy atom. The molecule has 3 N–H and O–H groups in total. The molecule has 32 heavy (non-hydrogen) atoms. The molecule has 0 aliphatic carbocycles. The van der Waals surface area contributed by atoms with Crippen molar-refractivity contribution in [2.24, 2.45) is 0 Å². The van der Waals surface area contributed by atoms with Crippen molar-refractivity contribution in [1.29, 1.82) is 0 Å². The molecule has 0 aromatic heterocycles. The van der Waals surface area contributed by atoms with Gasteiger partial charge in [0, 0.05) is 5.69 Å². The van der Waals surface area contributed by atoms with Gasteiger partial charge in [-0.2, -0.15) is 8.42 Å². The molecule has 0 radical (unpaired) electrons. The summed E-state index contributed by atoms with van der Waals surface area (Å²) in [4.78, 5) is 25.3. The number of rotatable bonds is 6. The first-order valence-electron chi connectivity index (χ1n) is 9.33. The molecule has 0 unspecified atom stereocenters. The molecule has 0 atom stereocenters. The SMILES string of the molecule is Cc1cc(C)cc(NS(=O)(=O)NC(=O)c2ccc(Cl)c(C(=O)Nc3ccccc3)c2Cl)c1. The molecule has 0 saturated carbocycles. The van der Waals surface area contributed by atoms with E-state index in [2.05, 4.69) is 10.0 Å². The van der Waals surface area contributed by atoms with Crippen molar-refractivity contribution in [2.75, 3.05) is 10.0 Å². The Hall–Kier alpha value is -3.07. The smallest absolute Gasteiger partial charge is 0.322 e. The van der Waals surface area contributed by atoms with Gasteiger partial charge < -0.3 is 5.32 Å². The van der Waals surface area contributed by atoms with Crippen LogP contribution >= 0.6 is 23.2 Å². The lowest BCUT2D eigenvalue weighted by Crippen LogP contribution is -2.35. The predicted octanol–water partition coefficient (Wildman–Crippen LogP) is 4.95. The van der Waals surface area contributed by atoms with Crippen molar-refractivity contribution in [1.82, 2.24) is 4.72 Å². The van der Waals surface area contributed by atoms with Gasteiger partial charge in [-0.15, -0.1) is 0 Å². The van der Waals surface area contributed by atoms with E-state index in [1.165, 1.54) is 12.1 Å². The summed E-state index contributed by atoms with van der Waals surface area (Å²) in [5, 5.41) is 2.36. The highest BCUT2D eigenvalue weighted by Crippen LogP contribution is 2.29. The Kier molecular flexibility index (Phi) is 7.08. The number of carbonyl (C=O) groups excluding carboxylic acids is 2. The van der Waals surface area contributed by atoms with Gasteiger partial charge in [-0.25, -0.2) is 4.72 Å². The normalized spacial score (nSPS) is 11.0. The second-order valence-electron chi connectivity index (χ2n) is 7.02. The number of benzene rings is 3. The summed E-state index contributed by atoms with van der Waals surface area (Å²) in [6.45, 7) is 3.64. The number of amides is 2. The van der Waals surface area contributed by atoms with Gasteiger partial charge in [-0.05, 0) is 61.4 Å². The zero-order valence-corrected chi connectivity index (χ0v) is 19.4. The standard InChI is InChI=1S/C22H19Cl2N3O4S/c1-13-10-14(2)12-16(11-13)26-32(30,31)27-21(28)17-8-9-18(23)19(20(17)24)22(29)25-15-6-4-3-5-7-15/h3-12,26H,1-2H3,(H,25,29)(H,27,28). The number of hydrogen-bond acceptors (Lipinski definition) is 4. The van der Waals surface area contributed by atoms with Crippen LogP contribution in [0.2, 0.25) is 10.0 Å². The number of nitrogens with one attached hydrogen (secondary N) is 3. The summed E-state index contributed by atoms with van der Waals surface area (Å²) in [5.41, 5.74) is 2.13. The van der Waals surface area contributed by atoms with Crippen LogP contribution in [0.15, 0.2) is 60.7 Å². The van der Waals surface area contributed by atoms with E-state index in [-0.39, 0.29) is 21.2 Å². The van der Waals surface area contributed by atoms with Crippen LogP contribution in [0.1, 0.15) is 31.8 Å². The van der Waals surface area contributed by atoms with Crippen LogP contribution in [0, 0.1) is 13.8 Å². The van der Waals surface area contributed by atoms with E-state index in [9.17, 15) is 18.0 Å². The summed E-state index contributed by atoms with van der Waals surface area (Å²) in [6, 6.07) is 16.3. The first-order valence-corrected chi connectivity index (χ1v) is 11.6. The molecule has 0 aliphatic rings. The number of hydrogen-bond donors (Lipinski definition) is 3. The number of para-hydroxylation sites is 1. The predicted molar refractivity (Wildman–Crippen MR) is 127 cm³/mol. The lowest BCUT2D eigenvalue weighted by atomic mass is 10.1. The van der Waals surface area contributed by atoms with E-state index in [1.54, 1.807) is 42.5 Å². The lowest BCUT2D eigenvalue weighted by Gasteiger charge is -2.14. The Balaban J connectivity index is 1.83. The van der Waals surface area contributed by atoms with Crippen LogP contribution in [0.4, 0.5) is 11.4 Å². The molecule has 3 aromatic rings. The zero-order chi connectivity index (χ0) is 23.5. The summed E-state index contributed by atoms with van der Waals surface area (Å²) in [5.74, 6) is -1.66. The first kappa shape index (κ1) is 23.6. The molecule has 3 aromatic carbocycles. The minimum absolute atomic E-state index is 0.0104. The summed E-state index contributed by atoms with van der Waals surface area (Å²) in [6.07, 6.45) is 0. The van der Waals surface area contributed by atoms with Crippen LogP contribution in [0.3, 0.4) is 0 Å². The van der Waals surface area contributed by atoms with Gasteiger partial charge in [-0.1, -0.05) is 47.5 Å². The van der Waals surface area contributed by atoms with E-state index in [0.717, 1.165) is 11.1 Å². The molecule has 7 nitrogen and oxygen atoms in total. The average Bonchev–Trinajstić information content (AvgIpc) is 2.67. The van der Waals surface area contributed by atoms with Gasteiger partial charge in [-0.3, -0.25) is 14.3 Å². The second kappa shape index (κ2) is 9.60. The summed E-state index contributed by atoms with van der Waals surface area (Å²) in [7, 11) is -4.27. The van der Waals surface area contributed by atoms with E-state index >= 15 is 0 Å². The first-order chi connectivity index (χ1) is 15.1. The highest BCUT2D eigenvalue weighted by molar-refractivity contribution is 7.91. The molecule has 0 aliphatic heterocycles. The van der Waals surface area contributed by atoms with Crippen molar-refractivity contribution < 1.29 is 18.0 Å². The molecule has 0 saturated heterocycles. The molecular formula is C22H19Cl2N3O4S. The minimum Gasteiger partial charge on any atom is -0.322 e. The summed E-state index contributed by atoms with van der Waals surface area (Å²) < 4.78 is 29.1. The zero-order valence-electron chi connectivity index (χ0n) is 17.1. The Bertz CT molecular complexity index is 1280. The maximum atomic E-state index is 12.7. The molecule has 0 spiro atoms. The number of carbonyl (C=O) groups is 2. The molecule has 0 fully saturated rings. The number of aryl methyl sites for hydroxylation is 2. The maximum absolute atomic E-state index is 12.7. The average molecular weight is 492 g/mol. The van der Waals surface area contributed by atoms with Crippen LogP contribution in [-0.2, 0) is 10.2 Å². The fourth-order valence-corrected chi connectivity index (χ4v) is 4.50. The van der Waals surface area contributed by atoms with Crippen molar-refractivity contribution in [3.8, 4) is 0 Å². The highest BCUT2D eigenvalue weighted by atomic mass is 35.5. The van der Waals surface area contributed by atoms with Crippen LogP contribution in [0.5, 0.6) is 0 Å². The van der Waals surface area contributed by atoms with Crippen LogP contribution in [0.25, 0.3) is 0 Å². The fraction of sp³-hybridized carbons (Fsp3) is 0.0909. The Morgan fingerprint density at radius 2 is 1.44 bits per heavy atom. The summed E-state index contributed by atoms with van der Waals surface area (Å²) >= 11 is 12.4. The van der Waals surface area contributed by atoms with Crippen LogP contribution < -0.4 is 14.8 Å². The minimum atomic E-state index is -4.27. The van der Waals surface area contributed by atoms with Gasteiger partial charge >= 0.3 is 10.2 Å². The second-order valence-corrected chi connectivity index (χ2v) is 9.22. The van der Waals surface area contributed by atoms with E-state index in [0.29, 0.717) is 11.4 Å². The molecule has 2 amide bonds. The van der Waals surface area contributed by atoms with Gasteiger partial charge in [0.05, 0.1) is 26.9 Å².